The van der Waals surface area contributed by atoms with Gasteiger partial charge >= 0.3 is 0 Å². The molecule has 0 bridgehead atoms. The Balaban J connectivity index is 4.41. The summed E-state index contributed by atoms with van der Waals surface area (Å²) in [6.07, 6.45) is 4.24. The van der Waals surface area contributed by atoms with Gasteiger partial charge in [0.15, 0.2) is 0 Å². The summed E-state index contributed by atoms with van der Waals surface area (Å²) in [4.78, 5) is 1.93. The Morgan fingerprint density at radius 2 is 2.07 bits per heavy atom. The molecule has 3 heteroatoms. The van der Waals surface area contributed by atoms with Gasteiger partial charge in [-0.25, -0.2) is 0 Å². The van der Waals surface area contributed by atoms with Crippen LogP contribution in [0.5, 0.6) is 0 Å². The number of aliphatic hydroxyl groups excluding tert-OH is 1. The van der Waals surface area contributed by atoms with Crippen LogP contribution in [0.3, 0.4) is 0 Å². The lowest BCUT2D eigenvalue weighted by molar-refractivity contribution is 0.164. The molecule has 0 rings (SSSR count). The highest BCUT2D eigenvalue weighted by Crippen LogP contribution is 2.07. The molecule has 0 spiro atoms. The number of hydrogen-bond acceptors (Lipinski definition) is 3. The Labute approximate surface area is 86.2 Å². The lowest BCUT2D eigenvalue weighted by atomic mass is 10.0. The standard InChI is InChI=1S/C11H20N2O/c1-5-7-9(6-2)11(14)10(12)8-13(3)4/h5-7,10-11,14H,1-2,8,12H2,3-4H3/t10-,11-/m1/s1. The van der Waals surface area contributed by atoms with E-state index in [4.69, 9.17) is 5.73 Å². The molecule has 0 heterocycles. The van der Waals surface area contributed by atoms with Crippen molar-refractivity contribution < 1.29 is 5.11 Å². The van der Waals surface area contributed by atoms with Crippen molar-refractivity contribution >= 4 is 0 Å². The first kappa shape index (κ1) is 13.1. The first-order valence-corrected chi connectivity index (χ1v) is 4.56. The number of aliphatic hydroxyl groups is 1. The van der Waals surface area contributed by atoms with Crippen molar-refractivity contribution in [2.45, 2.75) is 12.1 Å². The van der Waals surface area contributed by atoms with Crippen LogP contribution in [0.15, 0.2) is 37.0 Å². The maximum absolute atomic E-state index is 9.82. The molecule has 0 aliphatic heterocycles. The Hall–Kier alpha value is -0.900. The molecule has 0 aromatic heterocycles. The molecule has 3 nitrogen and oxygen atoms in total. The van der Waals surface area contributed by atoms with E-state index < -0.39 is 6.10 Å². The van der Waals surface area contributed by atoms with Crippen LogP contribution < -0.4 is 5.73 Å². The van der Waals surface area contributed by atoms with Crippen LogP contribution in [0, 0.1) is 0 Å². The fraction of sp³-hybridized carbons (Fsp3) is 0.455. The van der Waals surface area contributed by atoms with Crippen molar-refractivity contribution in [2.24, 2.45) is 5.73 Å². The van der Waals surface area contributed by atoms with Crippen molar-refractivity contribution in [1.29, 1.82) is 0 Å². The van der Waals surface area contributed by atoms with E-state index in [1.165, 1.54) is 0 Å². The van der Waals surface area contributed by atoms with Crippen LogP contribution in [0.1, 0.15) is 0 Å². The van der Waals surface area contributed by atoms with Crippen LogP contribution in [0.4, 0.5) is 0 Å². The number of likely N-dealkylation sites (N-methyl/N-ethyl adjacent to an activating group) is 1. The average molecular weight is 196 g/mol. The quantitative estimate of drug-likeness (QED) is 0.609. The summed E-state index contributed by atoms with van der Waals surface area (Å²) >= 11 is 0. The Morgan fingerprint density at radius 1 is 1.50 bits per heavy atom. The molecular weight excluding hydrogens is 176 g/mol. The monoisotopic (exact) mass is 196 g/mol. The average Bonchev–Trinajstić information content (AvgIpc) is 2.12. The van der Waals surface area contributed by atoms with Crippen LogP contribution in [-0.2, 0) is 0 Å². The van der Waals surface area contributed by atoms with E-state index in [1.54, 1.807) is 18.2 Å². The third-order valence-electron chi connectivity index (χ3n) is 1.87. The molecule has 0 saturated heterocycles. The van der Waals surface area contributed by atoms with E-state index in [0.717, 1.165) is 0 Å². The van der Waals surface area contributed by atoms with E-state index in [0.29, 0.717) is 12.1 Å². The molecule has 0 aliphatic carbocycles. The molecule has 2 atom stereocenters. The smallest absolute Gasteiger partial charge is 0.0953 e. The summed E-state index contributed by atoms with van der Waals surface area (Å²) in [7, 11) is 3.83. The SMILES string of the molecule is C=CC=C(C=C)[C@@H](O)[C@H](N)CN(C)C. The Kier molecular flexibility index (Phi) is 6.12. The highest BCUT2D eigenvalue weighted by molar-refractivity contribution is 5.26. The van der Waals surface area contributed by atoms with Gasteiger partial charge in [0.25, 0.3) is 0 Å². The molecule has 3 N–H and O–H groups in total. The topological polar surface area (TPSA) is 49.5 Å². The second-order valence-electron chi connectivity index (χ2n) is 3.48. The fourth-order valence-corrected chi connectivity index (χ4v) is 1.19. The molecule has 0 unspecified atom stereocenters. The minimum Gasteiger partial charge on any atom is -0.387 e. The van der Waals surface area contributed by atoms with E-state index >= 15 is 0 Å². The van der Waals surface area contributed by atoms with Gasteiger partial charge in [0.1, 0.15) is 0 Å². The third kappa shape index (κ3) is 4.37. The van der Waals surface area contributed by atoms with E-state index in [1.807, 2.05) is 19.0 Å². The summed E-state index contributed by atoms with van der Waals surface area (Å²) < 4.78 is 0. The molecular formula is C11H20N2O. The predicted octanol–water partition coefficient (Wildman–Crippen LogP) is 0.535. The second-order valence-corrected chi connectivity index (χ2v) is 3.48. The minimum absolute atomic E-state index is 0.311. The van der Waals surface area contributed by atoms with Gasteiger partial charge in [-0.2, -0.15) is 0 Å². The van der Waals surface area contributed by atoms with Gasteiger partial charge in [-0.3, -0.25) is 0 Å². The van der Waals surface area contributed by atoms with Crippen LogP contribution in [0.25, 0.3) is 0 Å². The van der Waals surface area contributed by atoms with Crippen molar-refractivity contribution in [1.82, 2.24) is 4.90 Å². The van der Waals surface area contributed by atoms with Gasteiger partial charge in [-0.05, 0) is 19.7 Å². The largest absolute Gasteiger partial charge is 0.387 e. The molecule has 0 aromatic rings. The molecule has 80 valence electrons. The maximum Gasteiger partial charge on any atom is 0.0953 e. The summed E-state index contributed by atoms with van der Waals surface area (Å²) in [6, 6.07) is -0.311. The van der Waals surface area contributed by atoms with Crippen molar-refractivity contribution in [3.63, 3.8) is 0 Å². The van der Waals surface area contributed by atoms with Gasteiger partial charge in [0.2, 0.25) is 0 Å². The molecule has 0 fully saturated rings. The lowest BCUT2D eigenvalue weighted by Crippen LogP contribution is -2.43. The summed E-state index contributed by atoms with van der Waals surface area (Å²) in [5.74, 6) is 0. The number of allylic oxidation sites excluding steroid dienone is 2. The molecule has 0 aromatic carbocycles. The number of hydrogen-bond donors (Lipinski definition) is 2. The maximum atomic E-state index is 9.82. The number of nitrogens with zero attached hydrogens (tertiary/aromatic N) is 1. The van der Waals surface area contributed by atoms with E-state index in [2.05, 4.69) is 13.2 Å². The zero-order valence-electron chi connectivity index (χ0n) is 8.98. The Morgan fingerprint density at radius 3 is 2.43 bits per heavy atom. The molecule has 0 aliphatic rings. The molecule has 0 amide bonds. The highest BCUT2D eigenvalue weighted by atomic mass is 16.3. The predicted molar refractivity (Wildman–Crippen MR) is 61.0 cm³/mol. The fourth-order valence-electron chi connectivity index (χ4n) is 1.19. The molecule has 14 heavy (non-hydrogen) atoms. The summed E-state index contributed by atoms with van der Waals surface area (Å²) in [6.45, 7) is 7.81. The number of rotatable bonds is 6. The second kappa shape index (κ2) is 6.54. The third-order valence-corrected chi connectivity index (χ3v) is 1.87. The van der Waals surface area contributed by atoms with Crippen LogP contribution in [0.2, 0.25) is 0 Å². The summed E-state index contributed by atoms with van der Waals surface area (Å²) in [5, 5.41) is 9.82. The summed E-state index contributed by atoms with van der Waals surface area (Å²) in [5.41, 5.74) is 6.51. The van der Waals surface area contributed by atoms with Crippen molar-refractivity contribution in [3.05, 3.63) is 37.0 Å². The van der Waals surface area contributed by atoms with Gasteiger partial charge in [0, 0.05) is 12.6 Å². The van der Waals surface area contributed by atoms with Crippen LogP contribution >= 0.6 is 0 Å². The first-order valence-electron chi connectivity index (χ1n) is 4.56. The first-order chi connectivity index (χ1) is 6.52. The highest BCUT2D eigenvalue weighted by Gasteiger charge is 2.17. The minimum atomic E-state index is -0.687. The number of nitrogens with two attached hydrogens (primary N) is 1. The van der Waals surface area contributed by atoms with E-state index in [-0.39, 0.29) is 6.04 Å². The molecule has 0 saturated carbocycles. The normalized spacial score (nSPS) is 16.5. The molecule has 0 radical (unpaired) electrons. The van der Waals surface area contributed by atoms with Gasteiger partial charge < -0.3 is 15.7 Å². The zero-order chi connectivity index (χ0) is 11.1. The van der Waals surface area contributed by atoms with Crippen molar-refractivity contribution in [2.75, 3.05) is 20.6 Å². The zero-order valence-corrected chi connectivity index (χ0v) is 8.98. The lowest BCUT2D eigenvalue weighted by Gasteiger charge is -2.22. The van der Waals surface area contributed by atoms with Gasteiger partial charge in [-0.15, -0.1) is 0 Å². The van der Waals surface area contributed by atoms with Crippen molar-refractivity contribution in [3.8, 4) is 0 Å². The Bertz CT molecular complexity index is 221. The van der Waals surface area contributed by atoms with Gasteiger partial charge in [-0.1, -0.05) is 31.4 Å². The van der Waals surface area contributed by atoms with Crippen LogP contribution in [-0.4, -0.2) is 42.8 Å². The van der Waals surface area contributed by atoms with Gasteiger partial charge in [0.05, 0.1) is 6.10 Å². The van der Waals surface area contributed by atoms with E-state index in [9.17, 15) is 5.11 Å².